The molecule has 0 amide bonds. The van der Waals surface area contributed by atoms with Crippen LogP contribution in [-0.2, 0) is 42.7 Å². The average Bonchev–Trinajstić information content (AvgIpc) is 3.67. The van der Waals surface area contributed by atoms with Crippen LogP contribution in [0.15, 0.2) is 60.3 Å². The van der Waals surface area contributed by atoms with E-state index in [4.69, 9.17) is 43.0 Å². The van der Waals surface area contributed by atoms with Gasteiger partial charge in [-0.25, -0.2) is 4.79 Å². The van der Waals surface area contributed by atoms with Crippen LogP contribution in [0.3, 0.4) is 0 Å². The zero-order valence-corrected chi connectivity index (χ0v) is 39.4. The maximum atomic E-state index is 12.9. The Balaban J connectivity index is 0.898. The fraction of sp³-hybridized carbons (Fsp3) is 0.784. The Morgan fingerprint density at radius 2 is 1.77 bits per heavy atom. The molecule has 3 spiro atoms. The van der Waals surface area contributed by atoms with E-state index >= 15 is 0 Å². The smallest absolute Gasteiger partial charge is 0.338 e. The molecule has 65 heavy (non-hydrogen) atoms. The van der Waals surface area contributed by atoms with Gasteiger partial charge in [0.25, 0.3) is 0 Å². The molecule has 0 aromatic rings. The summed E-state index contributed by atoms with van der Waals surface area (Å²) in [5.41, 5.74) is 0.185. The number of carbonyl (C=O) groups is 1. The van der Waals surface area contributed by atoms with Gasteiger partial charge in [-0.3, -0.25) is 0 Å². The first-order chi connectivity index (χ1) is 30.9. The summed E-state index contributed by atoms with van der Waals surface area (Å²) in [7, 11) is 0. The van der Waals surface area contributed by atoms with E-state index < -0.39 is 71.7 Å². The zero-order valence-electron chi connectivity index (χ0n) is 39.4. The second-order valence-corrected chi connectivity index (χ2v) is 20.7. The number of rotatable bonds is 15. The van der Waals surface area contributed by atoms with E-state index in [1.807, 2.05) is 19.1 Å². The molecule has 0 aliphatic carbocycles. The predicted octanol–water partition coefficient (Wildman–Crippen LogP) is 6.17. The summed E-state index contributed by atoms with van der Waals surface area (Å²) in [6.45, 7) is 18.4. The van der Waals surface area contributed by atoms with Gasteiger partial charge in [0, 0.05) is 38.0 Å². The van der Waals surface area contributed by atoms with Crippen LogP contribution in [0.25, 0.3) is 0 Å². The second-order valence-electron chi connectivity index (χ2n) is 20.7. The number of hydrogen-bond donors (Lipinski definition) is 5. The van der Waals surface area contributed by atoms with Gasteiger partial charge in [0.05, 0.1) is 49.8 Å². The summed E-state index contributed by atoms with van der Waals surface area (Å²) < 4.78 is 51.0. The number of aliphatic hydroxyl groups excluding tert-OH is 4. The van der Waals surface area contributed by atoms with Crippen molar-refractivity contribution in [2.45, 2.75) is 215 Å². The molecular weight excluding hydrogens is 837 g/mol. The lowest BCUT2D eigenvalue weighted by Gasteiger charge is -2.50. The van der Waals surface area contributed by atoms with E-state index in [0.717, 1.165) is 50.7 Å². The van der Waals surface area contributed by atoms with Gasteiger partial charge in [-0.2, -0.15) is 0 Å². The standard InChI is InChI=1S/C51H78O14/c1-31(12-8-10-24-52)30-58-47(56)48(7,57)29-38-15-16-42(54)51(62-38)28-32(2)26-41(63-51)33(3)13-14-37-18-22-50(61-37)23-19-40-46(65-50)43(55)36(6)45(60-40)39(53)27-35(5)44-34(4)17-21-49(64-44)20-9-11-25-59-49/h8,10,13-14,28,33-35,37-46,52-55,57H,1,6,9,11-12,15-27,29-30H2,2-5,7H3/b10-8+,14-13?/t33-,34-,35+,37+,38+,39+,40-,41+,42-,43-,44+,45+,46-,48-,49+,50-,51-/m1/s1. The molecule has 366 valence electrons. The van der Waals surface area contributed by atoms with Crippen LogP contribution in [0, 0.1) is 17.8 Å². The Labute approximate surface area is 386 Å². The van der Waals surface area contributed by atoms with Crippen molar-refractivity contribution in [2.75, 3.05) is 19.8 Å². The van der Waals surface area contributed by atoms with E-state index in [1.54, 1.807) is 12.2 Å². The summed E-state index contributed by atoms with van der Waals surface area (Å²) in [4.78, 5) is 12.9. The number of esters is 1. The summed E-state index contributed by atoms with van der Waals surface area (Å²) in [5.74, 6) is -3.34. The quantitative estimate of drug-likeness (QED) is 0.0926. The molecule has 6 fully saturated rings. The molecule has 0 aromatic heterocycles. The van der Waals surface area contributed by atoms with Gasteiger partial charge in [0.15, 0.2) is 17.2 Å². The number of carbonyl (C=O) groups excluding carboxylic acids is 1. The van der Waals surface area contributed by atoms with Gasteiger partial charge < -0.3 is 63.4 Å². The second kappa shape index (κ2) is 21.1. The third-order valence-electron chi connectivity index (χ3n) is 15.1. The monoisotopic (exact) mass is 915 g/mol. The molecule has 0 aromatic carbocycles. The largest absolute Gasteiger partial charge is 0.459 e. The van der Waals surface area contributed by atoms with Crippen molar-refractivity contribution < 1.29 is 68.2 Å². The third kappa shape index (κ3) is 11.8. The minimum atomic E-state index is -1.85. The number of aliphatic hydroxyl groups is 5. The average molecular weight is 915 g/mol. The van der Waals surface area contributed by atoms with Crippen molar-refractivity contribution >= 4 is 5.97 Å². The van der Waals surface area contributed by atoms with Crippen LogP contribution in [-0.4, -0.2) is 135 Å². The molecule has 7 aliphatic heterocycles. The van der Waals surface area contributed by atoms with Crippen molar-refractivity contribution in [2.24, 2.45) is 17.8 Å². The van der Waals surface area contributed by atoms with E-state index in [-0.39, 0.29) is 49.8 Å². The summed E-state index contributed by atoms with van der Waals surface area (Å²) >= 11 is 0. The highest BCUT2D eigenvalue weighted by Crippen LogP contribution is 2.47. The highest BCUT2D eigenvalue weighted by atomic mass is 16.7. The highest BCUT2D eigenvalue weighted by Gasteiger charge is 2.55. The van der Waals surface area contributed by atoms with E-state index in [0.29, 0.717) is 68.4 Å². The van der Waals surface area contributed by atoms with Crippen LogP contribution in [0.1, 0.15) is 131 Å². The summed E-state index contributed by atoms with van der Waals surface area (Å²) in [6.07, 6.45) is 13.1. The molecule has 7 aliphatic rings. The molecular formula is C51H78O14. The molecule has 14 heteroatoms. The molecule has 5 N–H and O–H groups in total. The van der Waals surface area contributed by atoms with Crippen molar-refractivity contribution in [1.82, 2.24) is 0 Å². The lowest BCUT2D eigenvalue weighted by atomic mass is 9.79. The number of allylic oxidation sites excluding steroid dienone is 1. The third-order valence-corrected chi connectivity index (χ3v) is 15.1. The molecule has 0 unspecified atom stereocenters. The van der Waals surface area contributed by atoms with Gasteiger partial charge in [-0.05, 0) is 107 Å². The summed E-state index contributed by atoms with van der Waals surface area (Å²) in [6, 6.07) is 0. The first-order valence-electron chi connectivity index (χ1n) is 24.5. The molecule has 17 atom stereocenters. The van der Waals surface area contributed by atoms with Crippen molar-refractivity contribution in [1.29, 1.82) is 0 Å². The Hall–Kier alpha value is -2.31. The number of ether oxygens (including phenoxy) is 8. The number of hydrogen-bond acceptors (Lipinski definition) is 14. The fourth-order valence-electron chi connectivity index (χ4n) is 11.2. The molecule has 6 saturated heterocycles. The zero-order chi connectivity index (χ0) is 46.7. The topological polar surface area (TPSA) is 192 Å². The highest BCUT2D eigenvalue weighted by molar-refractivity contribution is 5.78. The van der Waals surface area contributed by atoms with Crippen molar-refractivity contribution in [3.63, 3.8) is 0 Å². The van der Waals surface area contributed by atoms with Gasteiger partial charge in [-0.15, -0.1) is 0 Å². The Morgan fingerprint density at radius 3 is 2.52 bits per heavy atom. The van der Waals surface area contributed by atoms with Crippen molar-refractivity contribution in [3.8, 4) is 0 Å². The van der Waals surface area contributed by atoms with Crippen LogP contribution in [0.5, 0.6) is 0 Å². The first kappa shape index (κ1) is 50.6. The molecule has 7 rings (SSSR count). The Morgan fingerprint density at radius 1 is 1.00 bits per heavy atom. The predicted molar refractivity (Wildman–Crippen MR) is 241 cm³/mol. The lowest BCUT2D eigenvalue weighted by Crippen LogP contribution is -2.60. The number of fused-ring (bicyclic) bond motifs is 1. The molecule has 0 saturated carbocycles. The molecule has 7 heterocycles. The van der Waals surface area contributed by atoms with Crippen LogP contribution in [0.4, 0.5) is 0 Å². The minimum Gasteiger partial charge on any atom is -0.459 e. The Bertz CT molecular complexity index is 1750. The van der Waals surface area contributed by atoms with Crippen LogP contribution < -0.4 is 0 Å². The van der Waals surface area contributed by atoms with E-state index in [2.05, 4.69) is 40.0 Å². The SMILES string of the molecule is C=C(C/C=C/CO)COC(=O)[C@](C)(O)C[C@@H]1CC[C@@H](O)[C@]2(C=C(C)C[C@@H]([C@H](C)C=C[C@H]3CC[C@@]4(CC[C@H]5O[C@H]([C@@H](O)C[C@H](C)[C@H]6O[C@@]7(CCCCO7)CC[C@H]6C)C(=C)[C@@H](O)[C@@H]5O4)O3)O2)O1. The lowest BCUT2D eigenvalue weighted by molar-refractivity contribution is -0.321. The molecule has 0 bridgehead atoms. The van der Waals surface area contributed by atoms with Gasteiger partial charge in [0.2, 0.25) is 5.79 Å². The molecule has 14 nitrogen and oxygen atoms in total. The Kier molecular flexibility index (Phi) is 16.4. The van der Waals surface area contributed by atoms with Gasteiger partial charge >= 0.3 is 5.97 Å². The fourth-order valence-corrected chi connectivity index (χ4v) is 11.2. The minimum absolute atomic E-state index is 0.0444. The maximum Gasteiger partial charge on any atom is 0.338 e. The van der Waals surface area contributed by atoms with E-state index in [1.165, 1.54) is 6.92 Å². The van der Waals surface area contributed by atoms with Crippen molar-refractivity contribution in [3.05, 3.63) is 60.3 Å². The molecule has 0 radical (unpaired) electrons. The van der Waals surface area contributed by atoms with Crippen LogP contribution >= 0.6 is 0 Å². The van der Waals surface area contributed by atoms with Gasteiger partial charge in [-0.1, -0.05) is 63.8 Å². The van der Waals surface area contributed by atoms with E-state index in [9.17, 15) is 25.2 Å². The van der Waals surface area contributed by atoms with Crippen LogP contribution in [0.2, 0.25) is 0 Å². The normalized spacial score (nSPS) is 41.3. The van der Waals surface area contributed by atoms with Gasteiger partial charge in [0.1, 0.15) is 31.0 Å². The first-order valence-corrected chi connectivity index (χ1v) is 24.5. The maximum absolute atomic E-state index is 12.9. The summed E-state index contributed by atoms with van der Waals surface area (Å²) in [5, 5.41) is 54.6.